The fourth-order valence-corrected chi connectivity index (χ4v) is 1.33. The highest BCUT2D eigenvalue weighted by molar-refractivity contribution is 5.86. The molecule has 0 aromatic rings. The van der Waals surface area contributed by atoms with Gasteiger partial charge in [0.15, 0.2) is 6.29 Å². The molecule has 5 heteroatoms. The van der Waals surface area contributed by atoms with Crippen LogP contribution in [0.1, 0.15) is 19.8 Å². The smallest absolute Gasteiger partial charge is 0.269 e. The van der Waals surface area contributed by atoms with Gasteiger partial charge in [-0.25, -0.2) is 5.06 Å². The van der Waals surface area contributed by atoms with Crippen LogP contribution in [0.2, 0.25) is 0 Å². The molecule has 0 unspecified atom stereocenters. The van der Waals surface area contributed by atoms with Gasteiger partial charge in [-0.2, -0.15) is 0 Å². The van der Waals surface area contributed by atoms with E-state index in [9.17, 15) is 4.79 Å². The van der Waals surface area contributed by atoms with Crippen LogP contribution in [0.5, 0.6) is 0 Å². The Morgan fingerprint density at radius 2 is 1.88 bits per heavy atom. The Hall–Kier alpha value is -0.910. The van der Waals surface area contributed by atoms with Crippen molar-refractivity contribution in [3.63, 3.8) is 0 Å². The summed E-state index contributed by atoms with van der Waals surface area (Å²) in [5.74, 6) is 0.0615. The number of methoxy groups -OCH3 is 2. The van der Waals surface area contributed by atoms with E-state index in [-0.39, 0.29) is 18.1 Å². The molecule has 0 aromatic carbocycles. The number of carbonyl (C=O) groups is 1. The van der Waals surface area contributed by atoms with Gasteiger partial charge in [0.05, 0.1) is 7.11 Å². The normalized spacial score (nSPS) is 13.3. The molecule has 0 aliphatic carbocycles. The molecule has 1 amide bonds. The number of ether oxygens (including phenoxy) is 2. The number of hydrogen-bond donors (Lipinski definition) is 0. The van der Waals surface area contributed by atoms with Gasteiger partial charge in [0, 0.05) is 33.8 Å². The molecule has 0 saturated heterocycles. The maximum Gasteiger partial charge on any atom is 0.269 e. The minimum atomic E-state index is -0.236. The van der Waals surface area contributed by atoms with Gasteiger partial charge in [-0.15, -0.1) is 0 Å². The summed E-state index contributed by atoms with van der Waals surface area (Å²) in [6.45, 7) is 2.06. The highest BCUT2D eigenvalue weighted by Gasteiger charge is 2.12. The quantitative estimate of drug-likeness (QED) is 0.370. The van der Waals surface area contributed by atoms with Crippen LogP contribution in [0, 0.1) is 5.92 Å². The second-order valence-corrected chi connectivity index (χ2v) is 3.68. The van der Waals surface area contributed by atoms with Gasteiger partial charge in [-0.3, -0.25) is 9.63 Å². The maximum absolute atomic E-state index is 11.5. The average molecular weight is 245 g/mol. The second-order valence-electron chi connectivity index (χ2n) is 3.68. The highest BCUT2D eigenvalue weighted by Crippen LogP contribution is 2.15. The Balaban J connectivity index is 4.29. The van der Waals surface area contributed by atoms with Gasteiger partial charge in [-0.1, -0.05) is 13.0 Å². The molecule has 0 spiro atoms. The van der Waals surface area contributed by atoms with E-state index in [1.165, 1.54) is 18.2 Å². The van der Waals surface area contributed by atoms with Crippen LogP contribution in [0.4, 0.5) is 0 Å². The molecular formula is C12H23NO4. The molecule has 0 aliphatic rings. The lowest BCUT2D eigenvalue weighted by molar-refractivity contribution is -0.162. The Morgan fingerprint density at radius 1 is 1.29 bits per heavy atom. The first-order valence-corrected chi connectivity index (χ1v) is 5.64. The first kappa shape index (κ1) is 16.1. The van der Waals surface area contributed by atoms with Gasteiger partial charge < -0.3 is 9.47 Å². The first-order valence-electron chi connectivity index (χ1n) is 5.64. The van der Waals surface area contributed by atoms with Crippen molar-refractivity contribution in [3.8, 4) is 0 Å². The average Bonchev–Trinajstić information content (AvgIpc) is 2.37. The van der Waals surface area contributed by atoms with Gasteiger partial charge in [0.25, 0.3) is 5.91 Å². The SMILES string of the molecule is CC[C@@H](/C=C/C(=O)N(C)OC)CC(OC)OC. The van der Waals surface area contributed by atoms with E-state index in [2.05, 4.69) is 6.92 Å². The fraction of sp³-hybridized carbons (Fsp3) is 0.750. The van der Waals surface area contributed by atoms with E-state index in [1.807, 2.05) is 6.08 Å². The topological polar surface area (TPSA) is 48.0 Å². The van der Waals surface area contributed by atoms with Crippen molar-refractivity contribution in [1.82, 2.24) is 5.06 Å². The minimum Gasteiger partial charge on any atom is -0.356 e. The third-order valence-corrected chi connectivity index (χ3v) is 2.64. The summed E-state index contributed by atoms with van der Waals surface area (Å²) < 4.78 is 10.3. The number of hydrogen-bond acceptors (Lipinski definition) is 4. The summed E-state index contributed by atoms with van der Waals surface area (Å²) in [4.78, 5) is 16.3. The molecule has 100 valence electrons. The molecule has 0 aromatic heterocycles. The minimum absolute atomic E-state index is 0.183. The van der Waals surface area contributed by atoms with Gasteiger partial charge in [0.2, 0.25) is 0 Å². The van der Waals surface area contributed by atoms with E-state index in [1.54, 1.807) is 21.3 Å². The molecular weight excluding hydrogens is 222 g/mol. The van der Waals surface area contributed by atoms with Gasteiger partial charge in [-0.05, 0) is 12.3 Å². The van der Waals surface area contributed by atoms with Crippen LogP contribution in [-0.4, -0.2) is 45.6 Å². The summed E-state index contributed by atoms with van der Waals surface area (Å²) in [5, 5.41) is 1.17. The van der Waals surface area contributed by atoms with E-state index >= 15 is 0 Å². The zero-order valence-corrected chi connectivity index (χ0v) is 11.3. The van der Waals surface area contributed by atoms with Crippen LogP contribution in [-0.2, 0) is 19.1 Å². The van der Waals surface area contributed by atoms with Crippen molar-refractivity contribution in [2.24, 2.45) is 5.92 Å². The van der Waals surface area contributed by atoms with Crippen LogP contribution >= 0.6 is 0 Å². The summed E-state index contributed by atoms with van der Waals surface area (Å²) in [7, 11) is 6.23. The number of rotatable bonds is 8. The van der Waals surface area contributed by atoms with Crippen LogP contribution in [0.15, 0.2) is 12.2 Å². The van der Waals surface area contributed by atoms with Crippen LogP contribution < -0.4 is 0 Å². The van der Waals surface area contributed by atoms with Crippen molar-refractivity contribution in [2.75, 3.05) is 28.4 Å². The molecule has 0 rings (SSSR count). The summed E-state index contributed by atoms with van der Waals surface area (Å²) in [5.41, 5.74) is 0. The molecule has 0 saturated carbocycles. The molecule has 0 aliphatic heterocycles. The van der Waals surface area contributed by atoms with E-state index in [0.29, 0.717) is 0 Å². The Labute approximate surface area is 103 Å². The lowest BCUT2D eigenvalue weighted by Gasteiger charge is -2.18. The van der Waals surface area contributed by atoms with Crippen molar-refractivity contribution in [1.29, 1.82) is 0 Å². The largest absolute Gasteiger partial charge is 0.356 e. The lowest BCUT2D eigenvalue weighted by atomic mass is 10.0. The van der Waals surface area contributed by atoms with Crippen molar-refractivity contribution in [2.45, 2.75) is 26.1 Å². The zero-order valence-electron chi connectivity index (χ0n) is 11.3. The first-order chi connectivity index (χ1) is 8.08. The summed E-state index contributed by atoms with van der Waals surface area (Å²) in [6.07, 6.45) is 4.79. The fourth-order valence-electron chi connectivity index (χ4n) is 1.33. The number of amides is 1. The number of hydroxylamine groups is 2. The Morgan fingerprint density at radius 3 is 2.29 bits per heavy atom. The van der Waals surface area contributed by atoms with E-state index in [0.717, 1.165) is 12.8 Å². The Kier molecular flexibility index (Phi) is 8.66. The van der Waals surface area contributed by atoms with E-state index < -0.39 is 0 Å². The van der Waals surface area contributed by atoms with Crippen molar-refractivity contribution >= 4 is 5.91 Å². The summed E-state index contributed by atoms with van der Waals surface area (Å²) >= 11 is 0. The molecule has 0 bridgehead atoms. The monoisotopic (exact) mass is 245 g/mol. The van der Waals surface area contributed by atoms with Crippen molar-refractivity contribution in [3.05, 3.63) is 12.2 Å². The predicted molar refractivity (Wildman–Crippen MR) is 65.1 cm³/mol. The molecule has 1 atom stereocenters. The van der Waals surface area contributed by atoms with Crippen molar-refractivity contribution < 1.29 is 19.1 Å². The molecule has 0 radical (unpaired) electrons. The van der Waals surface area contributed by atoms with Gasteiger partial charge >= 0.3 is 0 Å². The standard InChI is InChI=1S/C12H23NO4/c1-6-10(9-12(15-3)16-4)7-8-11(14)13(2)17-5/h7-8,10,12H,6,9H2,1-5H3/b8-7+/t10-/m0/s1. The number of nitrogens with zero attached hydrogens (tertiary/aromatic N) is 1. The summed E-state index contributed by atoms with van der Waals surface area (Å²) in [6, 6.07) is 0. The van der Waals surface area contributed by atoms with Crippen LogP contribution in [0.3, 0.4) is 0 Å². The number of likely N-dealkylation sites (N-methyl/N-ethyl adjacent to an activating group) is 1. The van der Waals surface area contributed by atoms with Crippen LogP contribution in [0.25, 0.3) is 0 Å². The maximum atomic E-state index is 11.5. The third kappa shape index (κ3) is 6.41. The third-order valence-electron chi connectivity index (χ3n) is 2.64. The Bertz CT molecular complexity index is 239. The zero-order chi connectivity index (χ0) is 13.3. The molecule has 0 heterocycles. The molecule has 0 fully saturated rings. The molecule has 17 heavy (non-hydrogen) atoms. The molecule has 5 nitrogen and oxygen atoms in total. The number of allylic oxidation sites excluding steroid dienone is 1. The predicted octanol–water partition coefficient (Wildman–Crippen LogP) is 1.60. The highest BCUT2D eigenvalue weighted by atomic mass is 16.7. The van der Waals surface area contributed by atoms with E-state index in [4.69, 9.17) is 14.3 Å². The second kappa shape index (κ2) is 9.15. The number of carbonyl (C=O) groups excluding carboxylic acids is 1. The van der Waals surface area contributed by atoms with Gasteiger partial charge in [0.1, 0.15) is 0 Å². The lowest BCUT2D eigenvalue weighted by Crippen LogP contribution is -2.23. The molecule has 0 N–H and O–H groups in total.